The Morgan fingerprint density at radius 2 is 1.85 bits per heavy atom. The molecule has 0 saturated heterocycles. The van der Waals surface area contributed by atoms with E-state index < -0.39 is 5.43 Å². The van der Waals surface area contributed by atoms with Gasteiger partial charge in [0.1, 0.15) is 22.5 Å². The zero-order chi connectivity index (χ0) is 19.7. The Hall–Kier alpha value is -2.73. The lowest BCUT2D eigenvalue weighted by Crippen LogP contribution is -2.09. The Bertz CT molecular complexity index is 1090. The van der Waals surface area contributed by atoms with Crippen LogP contribution in [0.15, 0.2) is 55.7 Å². The summed E-state index contributed by atoms with van der Waals surface area (Å²) in [5.74, 6) is -0.240. The summed E-state index contributed by atoms with van der Waals surface area (Å²) in [7, 11) is 1.38. The van der Waals surface area contributed by atoms with Crippen LogP contribution in [-0.2, 0) is 6.42 Å². The highest BCUT2D eigenvalue weighted by Gasteiger charge is 2.23. The second-order valence-corrected chi connectivity index (χ2v) is 7.30. The van der Waals surface area contributed by atoms with Crippen molar-refractivity contribution in [3.8, 4) is 28.6 Å². The molecule has 2 N–H and O–H groups in total. The number of hydrogen-bond donors (Lipinski definition) is 2. The molecular formula is C21H19BrO5. The van der Waals surface area contributed by atoms with Gasteiger partial charge in [-0.25, -0.2) is 0 Å². The third kappa shape index (κ3) is 3.57. The molecule has 0 aliphatic carbocycles. The number of fused-ring (bicyclic) bond motifs is 1. The molecule has 0 bridgehead atoms. The highest BCUT2D eigenvalue weighted by atomic mass is 79.9. The molecule has 27 heavy (non-hydrogen) atoms. The van der Waals surface area contributed by atoms with Gasteiger partial charge in [-0.05, 0) is 44.5 Å². The molecule has 0 atom stereocenters. The Morgan fingerprint density at radius 1 is 1.19 bits per heavy atom. The van der Waals surface area contributed by atoms with Crippen LogP contribution >= 0.6 is 15.9 Å². The summed E-state index contributed by atoms with van der Waals surface area (Å²) in [5, 5.41) is 20.6. The average molecular weight is 431 g/mol. The van der Waals surface area contributed by atoms with Gasteiger partial charge in [-0.15, -0.1) is 0 Å². The lowest BCUT2D eigenvalue weighted by molar-refractivity contribution is 0.396. The summed E-state index contributed by atoms with van der Waals surface area (Å²) in [6, 6.07) is 8.38. The Morgan fingerprint density at radius 3 is 2.44 bits per heavy atom. The van der Waals surface area contributed by atoms with Crippen molar-refractivity contribution < 1.29 is 19.4 Å². The number of aromatic hydroxyl groups is 2. The molecule has 0 saturated carbocycles. The minimum atomic E-state index is -0.493. The quantitative estimate of drug-likeness (QED) is 0.559. The molecule has 0 radical (unpaired) electrons. The molecule has 0 aliphatic heterocycles. The topological polar surface area (TPSA) is 79.9 Å². The Balaban J connectivity index is 2.41. The minimum absolute atomic E-state index is 0.000948. The standard InChI is InChI=1S/C21H19BrO5/c1-11(2)4-9-14-15(23)10-16(24)17-18(25)21(26-3)19(27-20(14)17)12-5-7-13(22)8-6-12/h4-8,10,23-24H,9H2,1-3H3. The molecule has 2 aromatic carbocycles. The molecule has 0 amide bonds. The van der Waals surface area contributed by atoms with Crippen LogP contribution < -0.4 is 10.2 Å². The van der Waals surface area contributed by atoms with E-state index in [0.717, 1.165) is 16.1 Å². The highest BCUT2D eigenvalue weighted by molar-refractivity contribution is 9.10. The summed E-state index contributed by atoms with van der Waals surface area (Å²) >= 11 is 3.38. The largest absolute Gasteiger partial charge is 0.507 e. The van der Waals surface area contributed by atoms with E-state index in [1.807, 2.05) is 32.1 Å². The predicted octanol–water partition coefficient (Wildman–Crippen LogP) is 5.15. The van der Waals surface area contributed by atoms with Gasteiger partial charge >= 0.3 is 0 Å². The smallest absolute Gasteiger partial charge is 0.239 e. The number of phenols is 2. The summed E-state index contributed by atoms with van der Waals surface area (Å²) < 4.78 is 12.2. The van der Waals surface area contributed by atoms with Crippen LogP contribution in [0.2, 0.25) is 0 Å². The summed E-state index contributed by atoms with van der Waals surface area (Å²) in [6.07, 6.45) is 2.27. The van der Waals surface area contributed by atoms with Gasteiger partial charge in [0.25, 0.3) is 0 Å². The lowest BCUT2D eigenvalue weighted by atomic mass is 10.0. The highest BCUT2D eigenvalue weighted by Crippen LogP contribution is 2.39. The fourth-order valence-electron chi connectivity index (χ4n) is 2.85. The molecule has 1 heterocycles. The molecule has 0 fully saturated rings. The minimum Gasteiger partial charge on any atom is -0.507 e. The molecule has 1 aromatic heterocycles. The van der Waals surface area contributed by atoms with E-state index in [0.29, 0.717) is 17.5 Å². The van der Waals surface area contributed by atoms with Crippen LogP contribution in [0.25, 0.3) is 22.3 Å². The van der Waals surface area contributed by atoms with E-state index in [-0.39, 0.29) is 34.0 Å². The van der Waals surface area contributed by atoms with Gasteiger partial charge in [0.2, 0.25) is 11.2 Å². The molecule has 140 valence electrons. The molecule has 0 spiro atoms. The maximum atomic E-state index is 13.0. The normalized spacial score (nSPS) is 10.8. The van der Waals surface area contributed by atoms with Crippen molar-refractivity contribution >= 4 is 26.9 Å². The van der Waals surface area contributed by atoms with Crippen LogP contribution in [0.3, 0.4) is 0 Å². The van der Waals surface area contributed by atoms with Gasteiger partial charge in [0.15, 0.2) is 5.76 Å². The van der Waals surface area contributed by atoms with Crippen molar-refractivity contribution in [2.75, 3.05) is 7.11 Å². The Labute approximate surface area is 164 Å². The summed E-state index contributed by atoms with van der Waals surface area (Å²) in [5.41, 5.74) is 1.79. The van der Waals surface area contributed by atoms with Gasteiger partial charge in [-0.1, -0.05) is 27.6 Å². The Kier molecular flexibility index (Phi) is 5.28. The number of benzene rings is 2. The molecule has 3 aromatic rings. The van der Waals surface area contributed by atoms with Gasteiger partial charge in [0, 0.05) is 21.7 Å². The molecule has 3 rings (SSSR count). The van der Waals surface area contributed by atoms with E-state index in [1.54, 1.807) is 12.1 Å². The number of allylic oxidation sites excluding steroid dienone is 2. The first kappa shape index (κ1) is 19.0. The number of hydrogen-bond acceptors (Lipinski definition) is 5. The fraction of sp³-hybridized carbons (Fsp3) is 0.190. The van der Waals surface area contributed by atoms with Gasteiger partial charge < -0.3 is 19.4 Å². The van der Waals surface area contributed by atoms with Gasteiger partial charge in [-0.2, -0.15) is 0 Å². The molecule has 5 nitrogen and oxygen atoms in total. The number of rotatable bonds is 4. The lowest BCUT2D eigenvalue weighted by Gasteiger charge is -2.13. The van der Waals surface area contributed by atoms with Crippen LogP contribution in [0.1, 0.15) is 19.4 Å². The number of methoxy groups -OCH3 is 1. The van der Waals surface area contributed by atoms with Crippen LogP contribution in [0, 0.1) is 0 Å². The van der Waals surface area contributed by atoms with Gasteiger partial charge in [0.05, 0.1) is 7.11 Å². The van der Waals surface area contributed by atoms with Crippen LogP contribution in [0.5, 0.6) is 17.2 Å². The molecule has 6 heteroatoms. The third-order valence-electron chi connectivity index (χ3n) is 4.21. The number of ether oxygens (including phenoxy) is 1. The van der Waals surface area contributed by atoms with Crippen molar-refractivity contribution in [2.24, 2.45) is 0 Å². The maximum Gasteiger partial charge on any atom is 0.239 e. The average Bonchev–Trinajstić information content (AvgIpc) is 2.61. The molecular weight excluding hydrogens is 412 g/mol. The second-order valence-electron chi connectivity index (χ2n) is 6.38. The van der Waals surface area contributed by atoms with E-state index in [9.17, 15) is 15.0 Å². The summed E-state index contributed by atoms with van der Waals surface area (Å²) in [4.78, 5) is 13.0. The number of phenolic OH excluding ortho intramolecular Hbond substituents is 2. The van der Waals surface area contributed by atoms with Crippen molar-refractivity contribution in [1.82, 2.24) is 0 Å². The van der Waals surface area contributed by atoms with Crippen molar-refractivity contribution in [1.29, 1.82) is 0 Å². The summed E-state index contributed by atoms with van der Waals surface area (Å²) in [6.45, 7) is 3.87. The third-order valence-corrected chi connectivity index (χ3v) is 4.74. The first-order valence-electron chi connectivity index (χ1n) is 8.31. The van der Waals surface area contributed by atoms with E-state index in [4.69, 9.17) is 9.15 Å². The zero-order valence-corrected chi connectivity index (χ0v) is 16.8. The monoisotopic (exact) mass is 430 g/mol. The van der Waals surface area contributed by atoms with Crippen molar-refractivity contribution in [3.63, 3.8) is 0 Å². The van der Waals surface area contributed by atoms with E-state index in [2.05, 4.69) is 15.9 Å². The second kappa shape index (κ2) is 7.48. The maximum absolute atomic E-state index is 13.0. The van der Waals surface area contributed by atoms with E-state index >= 15 is 0 Å². The first-order valence-corrected chi connectivity index (χ1v) is 9.10. The van der Waals surface area contributed by atoms with Crippen LogP contribution in [0.4, 0.5) is 0 Å². The van der Waals surface area contributed by atoms with Crippen molar-refractivity contribution in [2.45, 2.75) is 20.3 Å². The SMILES string of the molecule is COc1c(-c2ccc(Br)cc2)oc2c(CC=C(C)C)c(O)cc(O)c2c1=O. The zero-order valence-electron chi connectivity index (χ0n) is 15.2. The van der Waals surface area contributed by atoms with E-state index in [1.165, 1.54) is 7.11 Å². The van der Waals surface area contributed by atoms with Crippen LogP contribution in [-0.4, -0.2) is 17.3 Å². The molecule has 0 unspecified atom stereocenters. The fourth-order valence-corrected chi connectivity index (χ4v) is 3.11. The van der Waals surface area contributed by atoms with Gasteiger partial charge in [-0.3, -0.25) is 4.79 Å². The number of halogens is 1. The van der Waals surface area contributed by atoms with Crippen molar-refractivity contribution in [3.05, 3.63) is 62.2 Å². The first-order chi connectivity index (χ1) is 12.8. The predicted molar refractivity (Wildman–Crippen MR) is 109 cm³/mol. The molecule has 0 aliphatic rings.